The summed E-state index contributed by atoms with van der Waals surface area (Å²) in [5.41, 5.74) is 8.19. The van der Waals surface area contributed by atoms with Gasteiger partial charge in [-0.25, -0.2) is 0 Å². The van der Waals surface area contributed by atoms with E-state index in [1.165, 1.54) is 0 Å². The number of hydrogen-bond acceptors (Lipinski definition) is 2. The molecule has 88 valence electrons. The molecule has 1 unspecified atom stereocenters. The molecule has 2 aromatic rings. The van der Waals surface area contributed by atoms with Gasteiger partial charge in [-0.2, -0.15) is 0 Å². The van der Waals surface area contributed by atoms with E-state index in [-0.39, 0.29) is 6.04 Å². The van der Waals surface area contributed by atoms with Gasteiger partial charge in [-0.05, 0) is 29.3 Å². The topological polar surface area (TPSA) is 35.2 Å². The Bertz CT molecular complexity index is 499. The van der Waals surface area contributed by atoms with Crippen molar-refractivity contribution in [1.29, 1.82) is 0 Å². The first-order chi connectivity index (χ1) is 8.20. The molecule has 0 aliphatic rings. The third-order valence-corrected chi connectivity index (χ3v) is 2.87. The highest BCUT2D eigenvalue weighted by Gasteiger charge is 2.10. The maximum absolute atomic E-state index is 6.19. The molecule has 0 aliphatic carbocycles. The van der Waals surface area contributed by atoms with Crippen molar-refractivity contribution >= 4 is 11.6 Å². The van der Waals surface area contributed by atoms with Crippen LogP contribution in [0.4, 0.5) is 0 Å². The second kappa shape index (κ2) is 5.21. The van der Waals surface area contributed by atoms with E-state index < -0.39 is 0 Å². The highest BCUT2D eigenvalue weighted by Crippen LogP contribution is 2.27. The molecule has 1 atom stereocenters. The summed E-state index contributed by atoms with van der Waals surface area (Å²) in [5, 5.41) is 0.630. The molecule has 0 aromatic heterocycles. The van der Waals surface area contributed by atoms with Gasteiger partial charge in [-0.3, -0.25) is 0 Å². The van der Waals surface area contributed by atoms with Crippen LogP contribution in [0.15, 0.2) is 48.5 Å². The third-order valence-electron chi connectivity index (χ3n) is 2.65. The minimum Gasteiger partial charge on any atom is -0.497 e. The Hall–Kier alpha value is -1.51. The maximum Gasteiger partial charge on any atom is 0.120 e. The van der Waals surface area contributed by atoms with Crippen LogP contribution in [-0.2, 0) is 0 Å². The number of ether oxygens (including phenoxy) is 1. The number of benzene rings is 2. The quantitative estimate of drug-likeness (QED) is 0.902. The summed E-state index contributed by atoms with van der Waals surface area (Å²) in [5.74, 6) is 0.721. The molecule has 0 aliphatic heterocycles. The van der Waals surface area contributed by atoms with Crippen molar-refractivity contribution in [1.82, 2.24) is 0 Å². The second-order valence-corrected chi connectivity index (χ2v) is 4.25. The van der Waals surface area contributed by atoms with E-state index in [0.29, 0.717) is 5.02 Å². The summed E-state index contributed by atoms with van der Waals surface area (Å²) < 4.78 is 5.18. The molecule has 0 saturated carbocycles. The Morgan fingerprint density at radius 1 is 1.06 bits per heavy atom. The van der Waals surface area contributed by atoms with Gasteiger partial charge in [0.1, 0.15) is 5.75 Å². The SMILES string of the molecule is COc1cc(Cl)cc(C(N)c2ccccc2)c1. The van der Waals surface area contributed by atoms with Gasteiger partial charge >= 0.3 is 0 Å². The van der Waals surface area contributed by atoms with Crippen LogP contribution >= 0.6 is 11.6 Å². The highest BCUT2D eigenvalue weighted by molar-refractivity contribution is 6.30. The molecule has 2 nitrogen and oxygen atoms in total. The smallest absolute Gasteiger partial charge is 0.120 e. The highest BCUT2D eigenvalue weighted by atomic mass is 35.5. The van der Waals surface area contributed by atoms with Gasteiger partial charge in [0.05, 0.1) is 13.2 Å². The summed E-state index contributed by atoms with van der Waals surface area (Å²) in [4.78, 5) is 0. The summed E-state index contributed by atoms with van der Waals surface area (Å²) >= 11 is 6.02. The average Bonchev–Trinajstić information content (AvgIpc) is 2.38. The van der Waals surface area contributed by atoms with Gasteiger partial charge in [0, 0.05) is 5.02 Å². The minimum absolute atomic E-state index is 0.191. The van der Waals surface area contributed by atoms with E-state index in [0.717, 1.165) is 16.9 Å². The molecule has 2 N–H and O–H groups in total. The van der Waals surface area contributed by atoms with Gasteiger partial charge in [-0.1, -0.05) is 41.9 Å². The van der Waals surface area contributed by atoms with Crippen LogP contribution in [0.2, 0.25) is 5.02 Å². The van der Waals surface area contributed by atoms with Crippen molar-refractivity contribution in [2.24, 2.45) is 5.73 Å². The zero-order valence-electron chi connectivity index (χ0n) is 9.56. The fourth-order valence-corrected chi connectivity index (χ4v) is 1.97. The Morgan fingerprint density at radius 3 is 2.41 bits per heavy atom. The van der Waals surface area contributed by atoms with Crippen molar-refractivity contribution in [2.45, 2.75) is 6.04 Å². The van der Waals surface area contributed by atoms with E-state index in [2.05, 4.69) is 0 Å². The number of hydrogen-bond donors (Lipinski definition) is 1. The summed E-state index contributed by atoms with van der Waals surface area (Å²) in [6.45, 7) is 0. The molecule has 0 heterocycles. The van der Waals surface area contributed by atoms with Crippen LogP contribution in [0.5, 0.6) is 5.75 Å². The van der Waals surface area contributed by atoms with Crippen LogP contribution in [0.25, 0.3) is 0 Å². The molecule has 3 heteroatoms. The number of nitrogens with two attached hydrogens (primary N) is 1. The lowest BCUT2D eigenvalue weighted by atomic mass is 9.99. The van der Waals surface area contributed by atoms with Crippen molar-refractivity contribution < 1.29 is 4.74 Å². The van der Waals surface area contributed by atoms with Gasteiger partial charge in [0.2, 0.25) is 0 Å². The molecule has 2 aromatic carbocycles. The van der Waals surface area contributed by atoms with Gasteiger partial charge in [0.15, 0.2) is 0 Å². The minimum atomic E-state index is -0.191. The third kappa shape index (κ3) is 2.78. The first-order valence-electron chi connectivity index (χ1n) is 5.35. The largest absolute Gasteiger partial charge is 0.497 e. The van der Waals surface area contributed by atoms with E-state index in [9.17, 15) is 0 Å². The molecule has 17 heavy (non-hydrogen) atoms. The van der Waals surface area contributed by atoms with Gasteiger partial charge < -0.3 is 10.5 Å². The molecule has 0 amide bonds. The van der Waals surface area contributed by atoms with E-state index in [1.807, 2.05) is 42.5 Å². The molecule has 2 rings (SSSR count). The predicted octanol–water partition coefficient (Wildman–Crippen LogP) is 3.40. The number of halogens is 1. The normalized spacial score (nSPS) is 12.2. The lowest BCUT2D eigenvalue weighted by molar-refractivity contribution is 0.414. The second-order valence-electron chi connectivity index (χ2n) is 3.81. The van der Waals surface area contributed by atoms with Gasteiger partial charge in [0.25, 0.3) is 0 Å². The Kier molecular flexibility index (Phi) is 3.67. The number of methoxy groups -OCH3 is 1. The van der Waals surface area contributed by atoms with Crippen molar-refractivity contribution in [3.05, 3.63) is 64.7 Å². The molecular weight excluding hydrogens is 234 g/mol. The molecule has 0 spiro atoms. The van der Waals surface area contributed by atoms with Crippen molar-refractivity contribution in [3.63, 3.8) is 0 Å². The molecule has 0 bridgehead atoms. The van der Waals surface area contributed by atoms with Gasteiger partial charge in [-0.15, -0.1) is 0 Å². The van der Waals surface area contributed by atoms with Crippen LogP contribution in [-0.4, -0.2) is 7.11 Å². The maximum atomic E-state index is 6.19. The van der Waals surface area contributed by atoms with E-state index in [4.69, 9.17) is 22.1 Å². The van der Waals surface area contributed by atoms with Crippen molar-refractivity contribution in [2.75, 3.05) is 7.11 Å². The van der Waals surface area contributed by atoms with Crippen LogP contribution in [0.1, 0.15) is 17.2 Å². The van der Waals surface area contributed by atoms with E-state index in [1.54, 1.807) is 13.2 Å². The predicted molar refractivity (Wildman–Crippen MR) is 70.5 cm³/mol. The fraction of sp³-hybridized carbons (Fsp3) is 0.143. The summed E-state index contributed by atoms with van der Waals surface area (Å²) in [6, 6.07) is 15.2. The molecular formula is C14H14ClNO. The van der Waals surface area contributed by atoms with Crippen LogP contribution in [0.3, 0.4) is 0 Å². The fourth-order valence-electron chi connectivity index (χ4n) is 1.73. The van der Waals surface area contributed by atoms with Crippen LogP contribution < -0.4 is 10.5 Å². The van der Waals surface area contributed by atoms with E-state index >= 15 is 0 Å². The monoisotopic (exact) mass is 247 g/mol. The first-order valence-corrected chi connectivity index (χ1v) is 5.73. The molecule has 0 fully saturated rings. The summed E-state index contributed by atoms with van der Waals surface area (Å²) in [7, 11) is 1.61. The number of rotatable bonds is 3. The standard InChI is InChI=1S/C14H14ClNO/c1-17-13-8-11(7-12(15)9-13)14(16)10-5-3-2-4-6-10/h2-9,14H,16H2,1H3. The Labute approximate surface area is 106 Å². The summed E-state index contributed by atoms with van der Waals surface area (Å²) in [6.07, 6.45) is 0. The lowest BCUT2D eigenvalue weighted by Gasteiger charge is -2.14. The Balaban J connectivity index is 2.37. The average molecular weight is 248 g/mol. The van der Waals surface area contributed by atoms with Crippen LogP contribution in [0, 0.1) is 0 Å². The van der Waals surface area contributed by atoms with Crippen molar-refractivity contribution in [3.8, 4) is 5.75 Å². The molecule has 0 saturated heterocycles. The lowest BCUT2D eigenvalue weighted by Crippen LogP contribution is -2.11. The zero-order chi connectivity index (χ0) is 12.3. The Morgan fingerprint density at radius 2 is 1.76 bits per heavy atom. The zero-order valence-corrected chi connectivity index (χ0v) is 10.3. The molecule has 0 radical (unpaired) electrons. The first kappa shape index (κ1) is 12.0.